The number of allylic oxidation sites excluding steroid dienone is 3. The van der Waals surface area contributed by atoms with Gasteiger partial charge in [-0.2, -0.15) is 0 Å². The minimum Gasteiger partial charge on any atom is -0.481 e. The van der Waals surface area contributed by atoms with Crippen LogP contribution < -0.4 is 25.4 Å². The van der Waals surface area contributed by atoms with Gasteiger partial charge in [-0.1, -0.05) is 48.0 Å². The quantitative estimate of drug-likeness (QED) is 0.0780. The second-order valence-corrected chi connectivity index (χ2v) is 18.9. The van der Waals surface area contributed by atoms with Gasteiger partial charge in [-0.3, -0.25) is 46.3 Å². The summed E-state index contributed by atoms with van der Waals surface area (Å²) >= 11 is 0. The molecule has 0 saturated heterocycles. The maximum atomic E-state index is 13.4. The first-order valence-electron chi connectivity index (χ1n) is 21.0. The molecule has 59 heavy (non-hydrogen) atoms. The topological polar surface area (TPSA) is 193 Å². The number of rotatable bonds is 17. The van der Waals surface area contributed by atoms with Crippen molar-refractivity contribution >= 4 is 22.5 Å². The molecule has 1 radical (unpaired) electrons. The van der Waals surface area contributed by atoms with Crippen LogP contribution >= 0.6 is 0 Å². The van der Waals surface area contributed by atoms with E-state index in [9.17, 15) is 30.3 Å². The van der Waals surface area contributed by atoms with E-state index in [-0.39, 0.29) is 101 Å². The van der Waals surface area contributed by atoms with Gasteiger partial charge in [-0.25, -0.2) is 0 Å². The zero-order valence-electron chi connectivity index (χ0n) is 35.5. The fraction of sp³-hybridized carbons (Fsp3) is 0.614. The van der Waals surface area contributed by atoms with Crippen LogP contribution in [0.5, 0.6) is 11.5 Å². The number of benzene rings is 2. The Morgan fingerprint density at radius 2 is 1.34 bits per heavy atom. The van der Waals surface area contributed by atoms with E-state index in [0.29, 0.717) is 29.4 Å². The molecule has 4 aliphatic rings. The molecule has 2 aromatic carbocycles. The average molecular weight is 818 g/mol. The Morgan fingerprint density at radius 3 is 1.90 bits per heavy atom. The SMILES string of the molecule is CC(NCOc1cc([N+](=O)[O-])ccc1C1=C(OCNC2CC3CCC2C3)[CH]CC(c2ccc([N+](=O)[O-])cc2OCNC2CCC(C(C)(C)C)CC2)=C1[N+](=O)[O-])C(C)(C)C. The third-order valence-corrected chi connectivity index (χ3v) is 13.2. The van der Waals surface area contributed by atoms with E-state index in [1.807, 2.05) is 6.92 Å². The molecule has 6 rings (SSSR count). The Hall–Kier alpha value is -4.60. The van der Waals surface area contributed by atoms with Crippen LogP contribution in [0.1, 0.15) is 117 Å². The predicted molar refractivity (Wildman–Crippen MR) is 226 cm³/mol. The van der Waals surface area contributed by atoms with Crippen LogP contribution in [0.25, 0.3) is 11.1 Å². The van der Waals surface area contributed by atoms with Gasteiger partial charge in [0.25, 0.3) is 17.1 Å². The van der Waals surface area contributed by atoms with Crippen LogP contribution in [0.15, 0.2) is 47.9 Å². The number of nitro benzene ring substituents is 2. The molecule has 321 valence electrons. The van der Waals surface area contributed by atoms with Crippen LogP contribution in [0.2, 0.25) is 0 Å². The number of hydrogen-bond acceptors (Lipinski definition) is 12. The molecule has 15 nitrogen and oxygen atoms in total. The molecule has 0 aromatic heterocycles. The van der Waals surface area contributed by atoms with Gasteiger partial charge in [-0.15, -0.1) is 0 Å². The number of nitrogens with zero attached hydrogens (tertiary/aromatic N) is 3. The fourth-order valence-electron chi connectivity index (χ4n) is 9.11. The normalized spacial score (nSPS) is 23.9. The molecule has 0 heterocycles. The first-order chi connectivity index (χ1) is 27.9. The molecule has 3 saturated carbocycles. The monoisotopic (exact) mass is 817 g/mol. The summed E-state index contributed by atoms with van der Waals surface area (Å²) in [5, 5.41) is 47.7. The van der Waals surface area contributed by atoms with Crippen LogP contribution in [0.3, 0.4) is 0 Å². The molecule has 2 bridgehead atoms. The molecule has 3 fully saturated rings. The summed E-state index contributed by atoms with van der Waals surface area (Å²) in [6.45, 7) is 15.1. The Bertz CT molecular complexity index is 1940. The summed E-state index contributed by atoms with van der Waals surface area (Å²) in [6, 6.07) is 8.60. The van der Waals surface area contributed by atoms with Crippen molar-refractivity contribution in [3.8, 4) is 11.5 Å². The molecule has 0 amide bonds. The van der Waals surface area contributed by atoms with E-state index in [1.165, 1.54) is 55.7 Å². The van der Waals surface area contributed by atoms with Gasteiger partial charge in [0.05, 0.1) is 26.9 Å². The van der Waals surface area contributed by atoms with Crippen molar-refractivity contribution in [1.29, 1.82) is 0 Å². The molecule has 4 aliphatic carbocycles. The maximum Gasteiger partial charge on any atom is 0.284 e. The number of non-ortho nitro benzene ring substituents is 2. The summed E-state index contributed by atoms with van der Waals surface area (Å²) in [7, 11) is 0. The Kier molecular flexibility index (Phi) is 13.7. The summed E-state index contributed by atoms with van der Waals surface area (Å²) in [4.78, 5) is 35.9. The molecular weight excluding hydrogens is 757 g/mol. The van der Waals surface area contributed by atoms with Crippen molar-refractivity contribution < 1.29 is 29.0 Å². The molecule has 4 unspecified atom stereocenters. The van der Waals surface area contributed by atoms with E-state index in [0.717, 1.165) is 32.1 Å². The summed E-state index contributed by atoms with van der Waals surface area (Å²) in [5.41, 5.74) is 0.209. The van der Waals surface area contributed by atoms with E-state index in [1.54, 1.807) is 6.42 Å². The van der Waals surface area contributed by atoms with E-state index >= 15 is 0 Å². The maximum absolute atomic E-state index is 13.4. The third kappa shape index (κ3) is 10.6. The molecule has 3 N–H and O–H groups in total. The van der Waals surface area contributed by atoms with Gasteiger partial charge in [-0.05, 0) is 99.0 Å². The van der Waals surface area contributed by atoms with Gasteiger partial charge in [0, 0.05) is 53.4 Å². The van der Waals surface area contributed by atoms with E-state index in [2.05, 4.69) is 57.5 Å². The number of nitro groups is 3. The van der Waals surface area contributed by atoms with Crippen molar-refractivity contribution in [3.63, 3.8) is 0 Å². The van der Waals surface area contributed by atoms with Crippen LogP contribution in [-0.2, 0) is 4.74 Å². The molecule has 0 aliphatic heterocycles. The lowest BCUT2D eigenvalue weighted by Gasteiger charge is -2.37. The Morgan fingerprint density at radius 1 is 0.729 bits per heavy atom. The number of ether oxygens (including phenoxy) is 3. The van der Waals surface area contributed by atoms with Crippen LogP contribution in [0, 0.1) is 65.3 Å². The third-order valence-electron chi connectivity index (χ3n) is 13.2. The summed E-state index contributed by atoms with van der Waals surface area (Å²) in [5.74, 6) is 2.30. The Labute approximate surface area is 347 Å². The van der Waals surface area contributed by atoms with Gasteiger partial charge in [0.2, 0.25) is 0 Å². The number of hydrogen-bond donors (Lipinski definition) is 3. The summed E-state index contributed by atoms with van der Waals surface area (Å²) in [6.07, 6.45) is 10.5. The number of fused-ring (bicyclic) bond motifs is 2. The van der Waals surface area contributed by atoms with Gasteiger partial charge >= 0.3 is 0 Å². The number of nitrogens with one attached hydrogen (secondary N) is 3. The highest BCUT2D eigenvalue weighted by Gasteiger charge is 2.40. The average Bonchev–Trinajstić information content (AvgIpc) is 3.81. The highest BCUT2D eigenvalue weighted by atomic mass is 16.6. The van der Waals surface area contributed by atoms with E-state index < -0.39 is 14.8 Å². The van der Waals surface area contributed by atoms with Gasteiger partial charge < -0.3 is 14.2 Å². The lowest BCUT2D eigenvalue weighted by Crippen LogP contribution is -2.39. The smallest absolute Gasteiger partial charge is 0.284 e. The van der Waals surface area contributed by atoms with Crippen molar-refractivity contribution in [2.24, 2.45) is 28.6 Å². The van der Waals surface area contributed by atoms with Crippen molar-refractivity contribution in [1.82, 2.24) is 16.0 Å². The van der Waals surface area contributed by atoms with Gasteiger partial charge in [0.15, 0.2) is 0 Å². The van der Waals surface area contributed by atoms with Crippen molar-refractivity contribution in [2.75, 3.05) is 20.2 Å². The first kappa shape index (κ1) is 44.0. The van der Waals surface area contributed by atoms with Crippen molar-refractivity contribution in [3.05, 3.63) is 95.7 Å². The molecule has 4 atom stereocenters. The predicted octanol–water partition coefficient (Wildman–Crippen LogP) is 9.15. The second kappa shape index (κ2) is 18.3. The highest BCUT2D eigenvalue weighted by Crippen LogP contribution is 2.48. The van der Waals surface area contributed by atoms with Crippen LogP contribution in [-0.4, -0.2) is 53.1 Å². The summed E-state index contributed by atoms with van der Waals surface area (Å²) < 4.78 is 18.8. The zero-order chi connectivity index (χ0) is 42.6. The standard InChI is InChI=1S/C44H61N6O9/c1-27(43(2,3)4)45-24-58-40-23-33(49(53)54)15-17-36(40)41-38(57-26-47-37-21-28-8-9-29(37)20-28)19-18-35(42(41)50(55)56)34-16-14-32(48(51)52)22-39(34)59-25-46-31-12-10-30(11-13-31)44(5,6)7/h14-17,19,22-23,27-31,37,45-47H,8-13,18,20-21,24-26H2,1-7H3. The Balaban J connectivity index is 1.37. The van der Waals surface area contributed by atoms with Gasteiger partial charge in [0.1, 0.15) is 43.0 Å². The fourth-order valence-corrected chi connectivity index (χ4v) is 9.11. The molecule has 2 aromatic rings. The minimum atomic E-state index is -0.541. The zero-order valence-corrected chi connectivity index (χ0v) is 35.5. The van der Waals surface area contributed by atoms with E-state index in [4.69, 9.17) is 14.2 Å². The lowest BCUT2D eigenvalue weighted by molar-refractivity contribution is -0.416. The molecule has 0 spiro atoms. The highest BCUT2D eigenvalue weighted by molar-refractivity contribution is 5.94. The van der Waals surface area contributed by atoms with Crippen molar-refractivity contribution in [2.45, 2.75) is 124 Å². The molecule has 15 heteroatoms. The largest absolute Gasteiger partial charge is 0.481 e. The minimum absolute atomic E-state index is 0.00269. The molecular formula is C44H61N6O9. The van der Waals surface area contributed by atoms with Crippen LogP contribution in [0.4, 0.5) is 11.4 Å². The lowest BCUT2D eigenvalue weighted by atomic mass is 9.71. The second-order valence-electron chi connectivity index (χ2n) is 18.9. The first-order valence-corrected chi connectivity index (χ1v) is 21.0.